The third-order valence-electron chi connectivity index (χ3n) is 1.91. The van der Waals surface area contributed by atoms with E-state index in [1.807, 2.05) is 0 Å². The lowest BCUT2D eigenvalue weighted by molar-refractivity contribution is -0.169. The van der Waals surface area contributed by atoms with Crippen molar-refractivity contribution in [1.29, 1.82) is 0 Å². The van der Waals surface area contributed by atoms with E-state index in [2.05, 4.69) is 17.9 Å². The summed E-state index contributed by atoms with van der Waals surface area (Å²) in [6.07, 6.45) is -1.65. The summed E-state index contributed by atoms with van der Waals surface area (Å²) in [5.74, 6) is -5.12. The number of hydrogen-bond acceptors (Lipinski definition) is 4. The highest BCUT2D eigenvalue weighted by atomic mass is 32.2. The van der Waals surface area contributed by atoms with Gasteiger partial charge in [0.2, 0.25) is 0 Å². The average Bonchev–Trinajstić information content (AvgIpc) is 2.14. The van der Waals surface area contributed by atoms with E-state index < -0.39 is 34.3 Å². The Balaban J connectivity index is 4.69. The molecule has 0 aliphatic heterocycles. The maximum atomic E-state index is 12.9. The molecule has 0 aromatic carbocycles. The van der Waals surface area contributed by atoms with Crippen LogP contribution in [-0.2, 0) is 14.9 Å². The van der Waals surface area contributed by atoms with E-state index in [0.29, 0.717) is 5.57 Å². The summed E-state index contributed by atoms with van der Waals surface area (Å²) in [6, 6.07) is 0. The van der Waals surface area contributed by atoms with Crippen molar-refractivity contribution in [3.05, 3.63) is 24.5 Å². The van der Waals surface area contributed by atoms with Crippen molar-refractivity contribution in [2.45, 2.75) is 24.5 Å². The molecule has 0 fully saturated rings. The molecule has 0 aliphatic rings. The van der Waals surface area contributed by atoms with Crippen LogP contribution in [0.1, 0.15) is 13.3 Å². The van der Waals surface area contributed by atoms with Gasteiger partial charge in [-0.2, -0.15) is 17.6 Å². The van der Waals surface area contributed by atoms with Gasteiger partial charge in [0, 0.05) is 0 Å². The molecule has 0 saturated heterocycles. The minimum absolute atomic E-state index is 0.0981. The smallest absolute Gasteiger partial charge is 0.396 e. The van der Waals surface area contributed by atoms with Gasteiger partial charge in [-0.15, -0.1) is 0 Å². The largest absolute Gasteiger partial charge is 0.743 e. The monoisotopic (exact) mass is 291 g/mol. The van der Waals surface area contributed by atoms with Crippen molar-refractivity contribution in [3.8, 4) is 0 Å². The first kappa shape index (κ1) is 16.9. The number of alkyl halides is 4. The Bertz CT molecular complexity index is 441. The molecule has 0 spiro atoms. The molecule has 0 atom stereocenters. The molecule has 18 heavy (non-hydrogen) atoms. The topological polar surface area (TPSA) is 66.4 Å². The molecule has 106 valence electrons. The molecule has 4 nitrogen and oxygen atoms in total. The van der Waals surface area contributed by atoms with Crippen LogP contribution in [0.5, 0.6) is 0 Å². The highest BCUT2D eigenvalue weighted by Crippen LogP contribution is 2.40. The standard InChI is InChI=1S/C9H12F4O4S/c1-6(2)7(3)17-5-4-8(10,11)9(12,13)18(14,15)16/h1,3-5H2,2H3,(H,14,15,16)/p-1. The molecular formula is C9H11F4O4S-. The van der Waals surface area contributed by atoms with Crippen molar-refractivity contribution in [2.24, 2.45) is 0 Å². The van der Waals surface area contributed by atoms with E-state index in [-0.39, 0.29) is 5.76 Å². The summed E-state index contributed by atoms with van der Waals surface area (Å²) in [4.78, 5) is 0. The highest BCUT2D eigenvalue weighted by Gasteiger charge is 2.61. The van der Waals surface area contributed by atoms with Gasteiger partial charge in [0.1, 0.15) is 5.76 Å². The van der Waals surface area contributed by atoms with E-state index in [9.17, 15) is 30.5 Å². The van der Waals surface area contributed by atoms with Gasteiger partial charge in [-0.05, 0) is 12.5 Å². The molecule has 0 aromatic rings. The Kier molecular flexibility index (Phi) is 4.95. The van der Waals surface area contributed by atoms with Gasteiger partial charge >= 0.3 is 11.2 Å². The molecule has 0 bridgehead atoms. The molecule has 0 heterocycles. The number of ether oxygens (including phenoxy) is 1. The fourth-order valence-electron chi connectivity index (χ4n) is 0.754. The zero-order valence-corrected chi connectivity index (χ0v) is 10.2. The van der Waals surface area contributed by atoms with Crippen LogP contribution in [0.4, 0.5) is 17.6 Å². The van der Waals surface area contributed by atoms with Gasteiger partial charge in [0.25, 0.3) is 0 Å². The minimum atomic E-state index is -6.46. The van der Waals surface area contributed by atoms with Gasteiger partial charge < -0.3 is 9.29 Å². The van der Waals surface area contributed by atoms with Gasteiger partial charge in [-0.3, -0.25) is 0 Å². The van der Waals surface area contributed by atoms with Crippen LogP contribution in [-0.4, -0.2) is 30.8 Å². The summed E-state index contributed by atoms with van der Waals surface area (Å²) in [5, 5.41) is -5.69. The first-order valence-corrected chi connectivity index (χ1v) is 5.92. The van der Waals surface area contributed by atoms with Gasteiger partial charge in [0.15, 0.2) is 10.1 Å². The SMILES string of the molecule is C=C(C)C(=C)OCCC(F)(F)C(F)(F)S(=O)(=O)[O-]. The molecular weight excluding hydrogens is 280 g/mol. The number of allylic oxidation sites excluding steroid dienone is 1. The zero-order chi connectivity index (χ0) is 14.8. The van der Waals surface area contributed by atoms with Gasteiger partial charge in [-0.1, -0.05) is 13.2 Å². The van der Waals surface area contributed by atoms with Crippen LogP contribution in [0, 0.1) is 0 Å². The Morgan fingerprint density at radius 2 is 1.72 bits per heavy atom. The maximum absolute atomic E-state index is 12.9. The normalized spacial score (nSPS) is 13.2. The molecule has 0 radical (unpaired) electrons. The van der Waals surface area contributed by atoms with Gasteiger partial charge in [-0.25, -0.2) is 8.42 Å². The quantitative estimate of drug-likeness (QED) is 0.312. The van der Waals surface area contributed by atoms with Crippen molar-refractivity contribution in [2.75, 3.05) is 6.61 Å². The van der Waals surface area contributed by atoms with E-state index in [1.165, 1.54) is 6.92 Å². The number of hydrogen-bond donors (Lipinski definition) is 0. The van der Waals surface area contributed by atoms with E-state index in [4.69, 9.17) is 0 Å². The number of halogens is 4. The second-order valence-corrected chi connectivity index (χ2v) is 4.90. The first-order valence-electron chi connectivity index (χ1n) is 4.51. The maximum Gasteiger partial charge on any atom is 0.396 e. The molecule has 0 unspecified atom stereocenters. The summed E-state index contributed by atoms with van der Waals surface area (Å²) in [5.41, 5.74) is 0.293. The van der Waals surface area contributed by atoms with Crippen LogP contribution in [0.25, 0.3) is 0 Å². The molecule has 0 saturated carbocycles. The van der Waals surface area contributed by atoms with Crippen LogP contribution in [0.2, 0.25) is 0 Å². The summed E-state index contributed by atoms with van der Waals surface area (Å²) in [6.45, 7) is 7.12. The molecule has 0 amide bonds. The van der Waals surface area contributed by atoms with E-state index >= 15 is 0 Å². The van der Waals surface area contributed by atoms with Crippen molar-refractivity contribution in [1.82, 2.24) is 0 Å². The van der Waals surface area contributed by atoms with E-state index in [1.54, 1.807) is 0 Å². The average molecular weight is 291 g/mol. The molecule has 0 aliphatic carbocycles. The van der Waals surface area contributed by atoms with Crippen LogP contribution < -0.4 is 0 Å². The molecule has 0 N–H and O–H groups in total. The Labute approximate surface area is 102 Å². The summed E-state index contributed by atoms with van der Waals surface area (Å²) >= 11 is 0. The number of rotatable bonds is 7. The third-order valence-corrected chi connectivity index (χ3v) is 2.83. The van der Waals surface area contributed by atoms with Gasteiger partial charge in [0.05, 0.1) is 13.0 Å². The molecule has 0 rings (SSSR count). The Hall–Kier alpha value is -1.09. The van der Waals surface area contributed by atoms with Crippen LogP contribution >= 0.6 is 0 Å². The minimum Gasteiger partial charge on any atom is -0.743 e. The summed E-state index contributed by atoms with van der Waals surface area (Å²) in [7, 11) is -6.46. The van der Waals surface area contributed by atoms with Crippen LogP contribution in [0.15, 0.2) is 24.5 Å². The Morgan fingerprint density at radius 1 is 1.28 bits per heavy atom. The predicted octanol–water partition coefficient (Wildman–Crippen LogP) is 2.26. The van der Waals surface area contributed by atoms with Crippen molar-refractivity contribution < 1.29 is 35.3 Å². The Morgan fingerprint density at radius 3 is 2.06 bits per heavy atom. The van der Waals surface area contributed by atoms with Crippen molar-refractivity contribution in [3.63, 3.8) is 0 Å². The van der Waals surface area contributed by atoms with Crippen LogP contribution in [0.3, 0.4) is 0 Å². The van der Waals surface area contributed by atoms with Crippen molar-refractivity contribution >= 4 is 10.1 Å². The highest BCUT2D eigenvalue weighted by molar-refractivity contribution is 7.86. The second kappa shape index (κ2) is 5.27. The molecule has 9 heteroatoms. The van der Waals surface area contributed by atoms with E-state index in [0.717, 1.165) is 0 Å². The lowest BCUT2D eigenvalue weighted by Gasteiger charge is -2.28. The predicted molar refractivity (Wildman–Crippen MR) is 54.1 cm³/mol. The fraction of sp³-hybridized carbons (Fsp3) is 0.556. The lowest BCUT2D eigenvalue weighted by Crippen LogP contribution is -2.47. The first-order chi connectivity index (χ1) is 7.83. The zero-order valence-electron chi connectivity index (χ0n) is 9.38. The summed E-state index contributed by atoms with van der Waals surface area (Å²) < 4.78 is 85.7. The fourth-order valence-corrected chi connectivity index (χ4v) is 1.22. The molecule has 0 aromatic heterocycles. The third kappa shape index (κ3) is 3.70. The lowest BCUT2D eigenvalue weighted by atomic mass is 10.2. The second-order valence-electron chi connectivity index (χ2n) is 3.48.